The summed E-state index contributed by atoms with van der Waals surface area (Å²) in [6.07, 6.45) is -4.35. The van der Waals surface area contributed by atoms with Crippen LogP contribution in [0.25, 0.3) is 0 Å². The fourth-order valence-corrected chi connectivity index (χ4v) is 1.47. The summed E-state index contributed by atoms with van der Waals surface area (Å²) in [4.78, 5) is 7.67. The van der Waals surface area contributed by atoms with Gasteiger partial charge in [-0.2, -0.15) is 13.2 Å². The largest absolute Gasteiger partial charge is 0.416 e. The first-order chi connectivity index (χ1) is 8.21. The summed E-state index contributed by atoms with van der Waals surface area (Å²) in [5, 5.41) is 0. The Morgan fingerprint density at radius 3 is 2.06 bits per heavy atom. The maximum atomic E-state index is 12.6. The second-order valence-electron chi connectivity index (χ2n) is 4.25. The molecule has 0 aliphatic carbocycles. The minimum atomic E-state index is -4.35. The molecule has 18 heavy (non-hydrogen) atoms. The maximum Gasteiger partial charge on any atom is 0.416 e. The molecule has 1 rings (SSSR count). The van der Waals surface area contributed by atoms with E-state index in [0.29, 0.717) is 5.96 Å². The Labute approximate surface area is 105 Å². The van der Waals surface area contributed by atoms with E-state index in [2.05, 4.69) is 4.99 Å². The Balaban J connectivity index is 3.14. The van der Waals surface area contributed by atoms with E-state index in [-0.39, 0.29) is 5.69 Å². The van der Waals surface area contributed by atoms with E-state index >= 15 is 0 Å². The van der Waals surface area contributed by atoms with E-state index in [4.69, 9.17) is 0 Å². The standard InChI is InChI=1S/C12H16F3N3/c1-17(2)11(18(3)4)16-10-7-5-6-9(8-10)12(13,14)15/h5-8H,1-4H3. The third kappa shape index (κ3) is 3.65. The number of aliphatic imine (C=N–C) groups is 1. The van der Waals surface area contributed by atoms with Crippen LogP contribution in [-0.4, -0.2) is 44.0 Å². The molecule has 0 radical (unpaired) electrons. The van der Waals surface area contributed by atoms with Gasteiger partial charge in [0.1, 0.15) is 0 Å². The molecule has 1 aromatic rings. The first-order valence-corrected chi connectivity index (χ1v) is 5.32. The fraction of sp³-hybridized carbons (Fsp3) is 0.417. The van der Waals surface area contributed by atoms with Crippen LogP contribution in [-0.2, 0) is 6.18 Å². The van der Waals surface area contributed by atoms with Crippen molar-refractivity contribution in [2.75, 3.05) is 28.2 Å². The highest BCUT2D eigenvalue weighted by Crippen LogP contribution is 2.31. The summed E-state index contributed by atoms with van der Waals surface area (Å²) in [6.45, 7) is 0. The van der Waals surface area contributed by atoms with E-state index in [0.717, 1.165) is 12.1 Å². The van der Waals surface area contributed by atoms with Gasteiger partial charge in [-0.25, -0.2) is 4.99 Å². The van der Waals surface area contributed by atoms with Gasteiger partial charge in [-0.1, -0.05) is 6.07 Å². The van der Waals surface area contributed by atoms with Gasteiger partial charge in [0.05, 0.1) is 11.3 Å². The van der Waals surface area contributed by atoms with Crippen LogP contribution in [0, 0.1) is 0 Å². The smallest absolute Gasteiger partial charge is 0.349 e. The third-order valence-electron chi connectivity index (χ3n) is 2.20. The summed E-state index contributed by atoms with van der Waals surface area (Å²) in [7, 11) is 7.14. The molecule has 0 unspecified atom stereocenters. The summed E-state index contributed by atoms with van der Waals surface area (Å²) >= 11 is 0. The summed E-state index contributed by atoms with van der Waals surface area (Å²) in [5.74, 6) is 0.578. The molecule has 0 aliphatic rings. The predicted octanol–water partition coefficient (Wildman–Crippen LogP) is 2.82. The van der Waals surface area contributed by atoms with Gasteiger partial charge in [0.25, 0.3) is 0 Å². The average Bonchev–Trinajstić information content (AvgIpc) is 2.24. The quantitative estimate of drug-likeness (QED) is 0.570. The number of hydrogen-bond donors (Lipinski definition) is 0. The van der Waals surface area contributed by atoms with Gasteiger partial charge < -0.3 is 9.80 Å². The van der Waals surface area contributed by atoms with Crippen molar-refractivity contribution in [3.05, 3.63) is 29.8 Å². The Hall–Kier alpha value is -1.72. The number of guanidine groups is 1. The first kappa shape index (κ1) is 14.3. The topological polar surface area (TPSA) is 18.8 Å². The van der Waals surface area contributed by atoms with Gasteiger partial charge in [0.15, 0.2) is 0 Å². The van der Waals surface area contributed by atoms with Crippen LogP contribution in [0.2, 0.25) is 0 Å². The molecule has 0 N–H and O–H groups in total. The zero-order chi connectivity index (χ0) is 13.9. The van der Waals surface area contributed by atoms with Gasteiger partial charge in [-0.3, -0.25) is 0 Å². The van der Waals surface area contributed by atoms with Crippen molar-refractivity contribution >= 4 is 11.6 Å². The normalized spacial score (nSPS) is 11.1. The lowest BCUT2D eigenvalue weighted by atomic mass is 10.2. The average molecular weight is 259 g/mol. The second kappa shape index (κ2) is 5.29. The van der Waals surface area contributed by atoms with Gasteiger partial charge in [-0.05, 0) is 18.2 Å². The van der Waals surface area contributed by atoms with Gasteiger partial charge in [0.2, 0.25) is 5.96 Å². The maximum absolute atomic E-state index is 12.6. The molecule has 0 atom stereocenters. The molecule has 100 valence electrons. The van der Waals surface area contributed by atoms with Crippen LogP contribution in [0.15, 0.2) is 29.3 Å². The van der Waals surface area contributed by atoms with Crippen molar-refractivity contribution in [3.63, 3.8) is 0 Å². The number of benzene rings is 1. The summed E-state index contributed by atoms with van der Waals surface area (Å²) in [5.41, 5.74) is -0.414. The summed E-state index contributed by atoms with van der Waals surface area (Å²) in [6, 6.07) is 4.96. The van der Waals surface area contributed by atoms with E-state index < -0.39 is 11.7 Å². The molecule has 0 fully saturated rings. The number of hydrogen-bond acceptors (Lipinski definition) is 1. The van der Waals surface area contributed by atoms with Gasteiger partial charge >= 0.3 is 6.18 Å². The second-order valence-corrected chi connectivity index (χ2v) is 4.25. The fourth-order valence-electron chi connectivity index (χ4n) is 1.47. The molecule has 3 nitrogen and oxygen atoms in total. The molecule has 0 aromatic heterocycles. The first-order valence-electron chi connectivity index (χ1n) is 5.32. The predicted molar refractivity (Wildman–Crippen MR) is 65.9 cm³/mol. The van der Waals surface area contributed by atoms with E-state index in [9.17, 15) is 13.2 Å². The molecule has 0 amide bonds. The number of alkyl halides is 3. The summed E-state index contributed by atoms with van der Waals surface area (Å²) < 4.78 is 37.7. The SMILES string of the molecule is CN(C)C(=Nc1cccc(C(F)(F)F)c1)N(C)C. The van der Waals surface area contributed by atoms with E-state index in [1.165, 1.54) is 6.07 Å². The van der Waals surface area contributed by atoms with Gasteiger partial charge in [-0.15, -0.1) is 0 Å². The lowest BCUT2D eigenvalue weighted by Gasteiger charge is -2.22. The highest BCUT2D eigenvalue weighted by molar-refractivity contribution is 5.82. The molecular formula is C12H16F3N3. The Morgan fingerprint density at radius 2 is 1.61 bits per heavy atom. The number of nitrogens with zero attached hydrogens (tertiary/aromatic N) is 3. The highest BCUT2D eigenvalue weighted by atomic mass is 19.4. The van der Waals surface area contributed by atoms with Gasteiger partial charge in [0, 0.05) is 28.2 Å². The zero-order valence-corrected chi connectivity index (χ0v) is 10.8. The van der Waals surface area contributed by atoms with Crippen molar-refractivity contribution in [1.29, 1.82) is 0 Å². The van der Waals surface area contributed by atoms with E-state index in [1.54, 1.807) is 44.1 Å². The lowest BCUT2D eigenvalue weighted by Crippen LogP contribution is -2.35. The molecule has 1 aromatic carbocycles. The van der Waals surface area contributed by atoms with Crippen LogP contribution in [0.5, 0.6) is 0 Å². The molecule has 0 saturated heterocycles. The van der Waals surface area contributed by atoms with Crippen LogP contribution in [0.4, 0.5) is 18.9 Å². The Kier molecular flexibility index (Phi) is 4.21. The van der Waals surface area contributed by atoms with Crippen LogP contribution < -0.4 is 0 Å². The molecule has 6 heteroatoms. The zero-order valence-electron chi connectivity index (χ0n) is 10.8. The molecule has 0 saturated carbocycles. The van der Waals surface area contributed by atoms with Crippen LogP contribution in [0.1, 0.15) is 5.56 Å². The monoisotopic (exact) mass is 259 g/mol. The molecule has 0 spiro atoms. The minimum Gasteiger partial charge on any atom is -0.349 e. The molecular weight excluding hydrogens is 243 g/mol. The van der Waals surface area contributed by atoms with Crippen molar-refractivity contribution < 1.29 is 13.2 Å². The highest BCUT2D eigenvalue weighted by Gasteiger charge is 2.30. The lowest BCUT2D eigenvalue weighted by molar-refractivity contribution is -0.137. The van der Waals surface area contributed by atoms with Crippen LogP contribution in [0.3, 0.4) is 0 Å². The molecule has 0 heterocycles. The van der Waals surface area contributed by atoms with Crippen molar-refractivity contribution in [2.24, 2.45) is 4.99 Å². The minimum absolute atomic E-state index is 0.280. The Bertz CT molecular complexity index is 426. The van der Waals surface area contributed by atoms with Crippen molar-refractivity contribution in [2.45, 2.75) is 6.18 Å². The Morgan fingerprint density at radius 1 is 1.06 bits per heavy atom. The van der Waals surface area contributed by atoms with Crippen molar-refractivity contribution in [3.8, 4) is 0 Å². The number of rotatable bonds is 1. The van der Waals surface area contributed by atoms with Crippen molar-refractivity contribution in [1.82, 2.24) is 9.80 Å². The van der Waals surface area contributed by atoms with Crippen LogP contribution >= 0.6 is 0 Å². The molecule has 0 aliphatic heterocycles. The third-order valence-corrected chi connectivity index (χ3v) is 2.20. The number of halogens is 3. The van der Waals surface area contributed by atoms with E-state index in [1.807, 2.05) is 0 Å². The molecule has 0 bridgehead atoms.